The molecule has 0 radical (unpaired) electrons. The summed E-state index contributed by atoms with van der Waals surface area (Å²) in [6, 6.07) is 15.5. The Kier molecular flexibility index (Phi) is 7.67. The summed E-state index contributed by atoms with van der Waals surface area (Å²) in [7, 11) is 1.54. The molecule has 0 aliphatic rings. The Labute approximate surface area is 186 Å². The first-order valence-electron chi connectivity index (χ1n) is 10.0. The van der Waals surface area contributed by atoms with E-state index in [1.165, 1.54) is 24.0 Å². The lowest BCUT2D eigenvalue weighted by molar-refractivity contribution is -0.123. The summed E-state index contributed by atoms with van der Waals surface area (Å²) >= 11 is 1.42. The zero-order valence-corrected chi connectivity index (χ0v) is 18.7. The van der Waals surface area contributed by atoms with Gasteiger partial charge in [0.1, 0.15) is 0 Å². The molecule has 0 saturated heterocycles. The molecule has 7 heteroatoms. The van der Waals surface area contributed by atoms with Gasteiger partial charge >= 0.3 is 0 Å². The van der Waals surface area contributed by atoms with Crippen molar-refractivity contribution in [3.05, 3.63) is 69.9 Å². The fourth-order valence-corrected chi connectivity index (χ4v) is 3.87. The van der Waals surface area contributed by atoms with Crippen LogP contribution in [0.2, 0.25) is 0 Å². The van der Waals surface area contributed by atoms with Gasteiger partial charge in [0.2, 0.25) is 0 Å². The third-order valence-electron chi connectivity index (χ3n) is 4.65. The summed E-state index contributed by atoms with van der Waals surface area (Å²) in [5.74, 6) is 0.665. The highest BCUT2D eigenvalue weighted by Crippen LogP contribution is 2.30. The summed E-state index contributed by atoms with van der Waals surface area (Å²) in [5, 5.41) is 7.57. The molecule has 162 valence electrons. The molecule has 31 heavy (non-hydrogen) atoms. The Morgan fingerprint density at radius 3 is 2.48 bits per heavy atom. The van der Waals surface area contributed by atoms with E-state index in [1.807, 2.05) is 55.6 Å². The Morgan fingerprint density at radius 2 is 1.77 bits per heavy atom. The van der Waals surface area contributed by atoms with Gasteiger partial charge in [0, 0.05) is 18.7 Å². The van der Waals surface area contributed by atoms with E-state index >= 15 is 0 Å². The molecule has 1 heterocycles. The van der Waals surface area contributed by atoms with Gasteiger partial charge in [0.05, 0.1) is 12.0 Å². The number of hydrogen-bond acceptors (Lipinski definition) is 5. The first-order valence-corrected chi connectivity index (χ1v) is 10.9. The van der Waals surface area contributed by atoms with Crippen molar-refractivity contribution in [2.45, 2.75) is 20.4 Å². The molecule has 3 rings (SSSR count). The van der Waals surface area contributed by atoms with Crippen LogP contribution in [0.4, 0.5) is 0 Å². The first kappa shape index (κ1) is 22.4. The van der Waals surface area contributed by atoms with Crippen molar-refractivity contribution in [3.63, 3.8) is 0 Å². The molecule has 0 bridgehead atoms. The maximum absolute atomic E-state index is 12.8. The van der Waals surface area contributed by atoms with Gasteiger partial charge in [-0.1, -0.05) is 35.9 Å². The summed E-state index contributed by atoms with van der Waals surface area (Å²) in [6.45, 7) is 4.70. The van der Waals surface area contributed by atoms with Gasteiger partial charge in [-0.25, -0.2) is 0 Å². The highest BCUT2D eigenvalue weighted by atomic mass is 32.1. The number of carbonyl (C=O) groups excluding carboxylic acids is 2. The number of hydrogen-bond donors (Lipinski definition) is 2. The van der Waals surface area contributed by atoms with E-state index in [0.717, 1.165) is 16.7 Å². The first-order chi connectivity index (χ1) is 15.0. The zero-order valence-electron chi connectivity index (χ0n) is 17.9. The van der Waals surface area contributed by atoms with Crippen molar-refractivity contribution >= 4 is 23.2 Å². The summed E-state index contributed by atoms with van der Waals surface area (Å²) in [6.07, 6.45) is 0. The number of likely N-dealkylation sites (N-methyl/N-ethyl adjacent to an activating group) is 1. The fourth-order valence-electron chi connectivity index (χ4n) is 3.04. The van der Waals surface area contributed by atoms with E-state index in [4.69, 9.17) is 9.47 Å². The predicted molar refractivity (Wildman–Crippen MR) is 123 cm³/mol. The van der Waals surface area contributed by atoms with E-state index in [0.29, 0.717) is 29.5 Å². The fraction of sp³-hybridized carbons (Fsp3) is 0.250. The van der Waals surface area contributed by atoms with Crippen molar-refractivity contribution in [1.29, 1.82) is 0 Å². The van der Waals surface area contributed by atoms with Gasteiger partial charge < -0.3 is 20.1 Å². The number of ether oxygens (including phenoxy) is 2. The number of nitrogens with one attached hydrogen (secondary N) is 2. The monoisotopic (exact) mass is 438 g/mol. The number of rotatable bonds is 9. The summed E-state index contributed by atoms with van der Waals surface area (Å²) < 4.78 is 10.9. The summed E-state index contributed by atoms with van der Waals surface area (Å²) in [5.41, 5.74) is 3.99. The number of methoxy groups -OCH3 is 1. The second-order valence-corrected chi connectivity index (χ2v) is 7.86. The highest BCUT2D eigenvalue weighted by molar-refractivity contribution is 7.12. The van der Waals surface area contributed by atoms with Crippen LogP contribution in [0.25, 0.3) is 11.1 Å². The molecular formula is C24H26N2O4S. The average Bonchev–Trinajstić information content (AvgIpc) is 3.27. The number of amides is 2. The molecule has 0 aliphatic heterocycles. The molecule has 0 fully saturated rings. The van der Waals surface area contributed by atoms with E-state index in [9.17, 15) is 9.59 Å². The molecule has 6 nitrogen and oxygen atoms in total. The molecular weight excluding hydrogens is 412 g/mol. The SMILES string of the molecule is CCNC(=O)COc1ccc(CNC(=O)c2sccc2-c2ccc(C)cc2)cc1OC. The third kappa shape index (κ3) is 5.86. The highest BCUT2D eigenvalue weighted by Gasteiger charge is 2.15. The topological polar surface area (TPSA) is 76.7 Å². The van der Waals surface area contributed by atoms with Gasteiger partial charge in [-0.15, -0.1) is 11.3 Å². The Balaban J connectivity index is 1.65. The lowest BCUT2D eigenvalue weighted by atomic mass is 10.0. The van der Waals surface area contributed by atoms with Gasteiger partial charge in [-0.05, 0) is 48.6 Å². The average molecular weight is 439 g/mol. The Bertz CT molecular complexity index is 1040. The van der Waals surface area contributed by atoms with E-state index in [-0.39, 0.29) is 18.4 Å². The third-order valence-corrected chi connectivity index (χ3v) is 5.56. The van der Waals surface area contributed by atoms with Crippen LogP contribution in [0, 0.1) is 6.92 Å². The zero-order chi connectivity index (χ0) is 22.2. The minimum Gasteiger partial charge on any atom is -0.493 e. The normalized spacial score (nSPS) is 10.4. The van der Waals surface area contributed by atoms with Gasteiger partial charge in [-0.3, -0.25) is 9.59 Å². The number of thiophene rings is 1. The van der Waals surface area contributed by atoms with Gasteiger partial charge in [0.25, 0.3) is 11.8 Å². The molecule has 0 saturated carbocycles. The van der Waals surface area contributed by atoms with Crippen molar-refractivity contribution < 1.29 is 19.1 Å². The van der Waals surface area contributed by atoms with Crippen LogP contribution in [0.1, 0.15) is 27.7 Å². The molecule has 1 aromatic heterocycles. The van der Waals surface area contributed by atoms with Crippen LogP contribution in [-0.4, -0.2) is 32.1 Å². The lowest BCUT2D eigenvalue weighted by Gasteiger charge is -2.12. The Hall–Kier alpha value is -3.32. The van der Waals surface area contributed by atoms with E-state index < -0.39 is 0 Å². The van der Waals surface area contributed by atoms with Crippen molar-refractivity contribution in [2.24, 2.45) is 0 Å². The van der Waals surface area contributed by atoms with Crippen LogP contribution in [0.3, 0.4) is 0 Å². The van der Waals surface area contributed by atoms with Crippen LogP contribution in [0.5, 0.6) is 11.5 Å². The van der Waals surface area contributed by atoms with Crippen LogP contribution >= 0.6 is 11.3 Å². The largest absolute Gasteiger partial charge is 0.493 e. The van der Waals surface area contributed by atoms with Crippen molar-refractivity contribution in [1.82, 2.24) is 10.6 Å². The molecule has 2 N–H and O–H groups in total. The van der Waals surface area contributed by atoms with Crippen LogP contribution in [0.15, 0.2) is 53.9 Å². The molecule has 2 amide bonds. The second-order valence-electron chi connectivity index (χ2n) is 6.94. The molecule has 0 unspecified atom stereocenters. The molecule has 0 aliphatic carbocycles. The minimum absolute atomic E-state index is 0.0829. The predicted octanol–water partition coefficient (Wildman–Crippen LogP) is 4.18. The second kappa shape index (κ2) is 10.6. The van der Waals surface area contributed by atoms with Gasteiger partial charge in [0.15, 0.2) is 18.1 Å². The number of aryl methyl sites for hydroxylation is 1. The van der Waals surface area contributed by atoms with E-state index in [2.05, 4.69) is 10.6 Å². The summed E-state index contributed by atoms with van der Waals surface area (Å²) in [4.78, 5) is 25.1. The van der Waals surface area contributed by atoms with Gasteiger partial charge in [-0.2, -0.15) is 0 Å². The Morgan fingerprint density at radius 1 is 1.00 bits per heavy atom. The molecule has 0 spiro atoms. The molecule has 2 aromatic carbocycles. The number of benzene rings is 2. The van der Waals surface area contributed by atoms with Crippen molar-refractivity contribution in [3.8, 4) is 22.6 Å². The smallest absolute Gasteiger partial charge is 0.262 e. The van der Waals surface area contributed by atoms with Crippen LogP contribution in [-0.2, 0) is 11.3 Å². The van der Waals surface area contributed by atoms with Crippen molar-refractivity contribution in [2.75, 3.05) is 20.3 Å². The van der Waals surface area contributed by atoms with E-state index in [1.54, 1.807) is 12.1 Å². The lowest BCUT2D eigenvalue weighted by Crippen LogP contribution is -2.28. The standard InChI is InChI=1S/C24H26N2O4S/c1-4-25-22(27)15-30-20-10-7-17(13-21(20)29-3)14-26-24(28)23-19(11-12-31-23)18-8-5-16(2)6-9-18/h5-13H,4,14-15H2,1-3H3,(H,25,27)(H,26,28). The quantitative estimate of drug-likeness (QED) is 0.526. The maximum Gasteiger partial charge on any atom is 0.262 e. The maximum atomic E-state index is 12.8. The number of carbonyl (C=O) groups is 2. The van der Waals surface area contributed by atoms with Crippen LogP contribution < -0.4 is 20.1 Å². The minimum atomic E-state index is -0.193. The molecule has 3 aromatic rings. The molecule has 0 atom stereocenters.